The summed E-state index contributed by atoms with van der Waals surface area (Å²) in [6.45, 7) is 1.13. The molecule has 7 amide bonds. The van der Waals surface area contributed by atoms with Gasteiger partial charge in [0.1, 0.15) is 29.9 Å². The molecule has 0 aliphatic rings. The summed E-state index contributed by atoms with van der Waals surface area (Å²) in [5.74, 6) is -5.67. The molecule has 0 aromatic heterocycles. The van der Waals surface area contributed by atoms with Crippen molar-refractivity contribution in [2.24, 2.45) is 5.11 Å². The van der Waals surface area contributed by atoms with Crippen LogP contribution in [0.5, 0.6) is 5.75 Å². The fourth-order valence-corrected chi connectivity index (χ4v) is 7.59. The van der Waals surface area contributed by atoms with Gasteiger partial charge < -0.3 is 56.9 Å². The zero-order chi connectivity index (χ0) is 54.1. The minimum atomic E-state index is -1.54. The van der Waals surface area contributed by atoms with E-state index in [4.69, 9.17) is 15.4 Å². The number of unbranched alkanes of at least 4 members (excludes halogenated alkanes) is 3. The summed E-state index contributed by atoms with van der Waals surface area (Å²) in [7, 11) is 1.51. The number of para-hydroxylation sites is 1. The molecule has 0 saturated heterocycles. The number of methoxy groups -OCH3 is 1. The predicted molar refractivity (Wildman–Crippen MR) is 270 cm³/mol. The van der Waals surface area contributed by atoms with E-state index in [1.165, 1.54) is 7.11 Å². The molecule has 0 spiro atoms. The second-order valence-electron chi connectivity index (χ2n) is 17.3. The summed E-state index contributed by atoms with van der Waals surface area (Å²) < 4.78 is 5.48. The van der Waals surface area contributed by atoms with Crippen LogP contribution in [0, 0.1) is 0 Å². The number of ether oxygens (including phenoxy) is 1. The second kappa shape index (κ2) is 34.2. The Hall–Kier alpha value is -8.20. The number of carbonyl (C=O) groups excluding carboxylic acids is 6. The Kier molecular flexibility index (Phi) is 27.8. The van der Waals surface area contributed by atoms with E-state index >= 15 is 0 Å². The van der Waals surface area contributed by atoms with Gasteiger partial charge in [0.2, 0.25) is 29.5 Å². The van der Waals surface area contributed by atoms with Crippen molar-refractivity contribution in [3.63, 3.8) is 0 Å². The first kappa shape index (κ1) is 60.1. The zero-order valence-electron chi connectivity index (χ0n) is 41.5. The maximum atomic E-state index is 13.8. The number of azide groups is 1. The molecule has 0 bridgehead atoms. The Balaban J connectivity index is 1.50. The molecule has 0 radical (unpaired) electrons. The van der Waals surface area contributed by atoms with E-state index in [-0.39, 0.29) is 89.5 Å². The highest BCUT2D eigenvalue weighted by molar-refractivity contribution is 5.93. The lowest BCUT2D eigenvalue weighted by atomic mass is 10.0. The van der Waals surface area contributed by atoms with Gasteiger partial charge in [-0.3, -0.25) is 28.8 Å². The number of carboxylic acids is 3. The third-order valence-corrected chi connectivity index (χ3v) is 11.5. The van der Waals surface area contributed by atoms with Crippen molar-refractivity contribution >= 4 is 53.5 Å². The van der Waals surface area contributed by atoms with Crippen LogP contribution in [0.2, 0.25) is 0 Å². The molecule has 4 atom stereocenters. The van der Waals surface area contributed by atoms with Crippen molar-refractivity contribution in [1.29, 1.82) is 0 Å². The van der Waals surface area contributed by atoms with Crippen LogP contribution < -0.4 is 36.6 Å². The molecule has 0 aliphatic heterocycles. The molecule has 0 aliphatic carbocycles. The summed E-state index contributed by atoms with van der Waals surface area (Å²) in [5, 5.41) is 46.8. The lowest BCUT2D eigenvalue weighted by Crippen LogP contribution is -2.55. The zero-order valence-corrected chi connectivity index (χ0v) is 41.5. The van der Waals surface area contributed by atoms with Crippen LogP contribution in [0.25, 0.3) is 10.4 Å². The van der Waals surface area contributed by atoms with Crippen molar-refractivity contribution < 1.29 is 63.2 Å². The van der Waals surface area contributed by atoms with E-state index < -0.39 is 78.7 Å². The van der Waals surface area contributed by atoms with Gasteiger partial charge >= 0.3 is 23.9 Å². The van der Waals surface area contributed by atoms with Gasteiger partial charge in [0.25, 0.3) is 0 Å². The van der Waals surface area contributed by atoms with Crippen molar-refractivity contribution in [2.45, 2.75) is 121 Å². The van der Waals surface area contributed by atoms with Crippen molar-refractivity contribution in [1.82, 2.24) is 36.8 Å². The van der Waals surface area contributed by atoms with Gasteiger partial charge in [-0.05, 0) is 67.7 Å². The maximum Gasteiger partial charge on any atom is 0.326 e. The third-order valence-electron chi connectivity index (χ3n) is 11.5. The number of hydrogen-bond acceptors (Lipinski definition) is 11. The second-order valence-corrected chi connectivity index (χ2v) is 17.3. The Morgan fingerprint density at radius 1 is 0.595 bits per heavy atom. The first-order valence-electron chi connectivity index (χ1n) is 24.5. The highest BCUT2D eigenvalue weighted by atomic mass is 16.5. The average Bonchev–Trinajstić information content (AvgIpc) is 3.38. The Morgan fingerprint density at radius 2 is 1.18 bits per heavy atom. The van der Waals surface area contributed by atoms with Gasteiger partial charge in [-0.2, -0.15) is 0 Å². The fourth-order valence-electron chi connectivity index (χ4n) is 7.59. The smallest absolute Gasteiger partial charge is 0.326 e. The normalized spacial score (nSPS) is 12.2. The molecule has 400 valence electrons. The Labute approximate surface area is 429 Å². The third kappa shape index (κ3) is 24.3. The predicted octanol–water partition coefficient (Wildman–Crippen LogP) is 3.99. The number of hydrogen-bond donors (Lipinski definition) is 9. The van der Waals surface area contributed by atoms with Crippen LogP contribution in [0.1, 0.15) is 93.7 Å². The SMILES string of the molecule is COc1ccccc1CN(CCCC[C@H](NC(=O)N[C@@H](CCC(=O)O)C(=O)O)C(=O)O)C(=O)CCCCCNC(=O)CCC(=O)N[C@@H](Cc1ccccc1)C(=O)N[C@@H](Cc1ccccc1)C(=O)NCCCN=[N+]=[N-]. The van der Waals surface area contributed by atoms with Crippen molar-refractivity contribution in [3.8, 4) is 5.75 Å². The molecule has 3 aromatic carbocycles. The number of carbonyl (C=O) groups is 9. The molecule has 74 heavy (non-hydrogen) atoms. The van der Waals surface area contributed by atoms with Crippen LogP contribution in [-0.2, 0) is 57.7 Å². The molecule has 0 saturated carbocycles. The minimum absolute atomic E-state index is 0.0452. The number of nitrogens with one attached hydrogen (secondary N) is 6. The topological polar surface area (TPSA) is 348 Å². The van der Waals surface area contributed by atoms with Gasteiger partial charge in [0.15, 0.2) is 0 Å². The Bertz CT molecular complexity index is 2350. The molecule has 9 N–H and O–H groups in total. The largest absolute Gasteiger partial charge is 0.496 e. The number of carboxylic acid groups (broad SMARTS) is 3. The van der Waals surface area contributed by atoms with Crippen LogP contribution in [0.15, 0.2) is 90.0 Å². The number of nitrogens with zero attached hydrogens (tertiary/aromatic N) is 4. The minimum Gasteiger partial charge on any atom is -0.496 e. The molecule has 3 aromatic rings. The van der Waals surface area contributed by atoms with E-state index in [0.29, 0.717) is 37.9 Å². The number of urea groups is 1. The number of rotatable bonds is 36. The Morgan fingerprint density at radius 3 is 1.78 bits per heavy atom. The van der Waals surface area contributed by atoms with Crippen LogP contribution >= 0.6 is 0 Å². The van der Waals surface area contributed by atoms with E-state index in [9.17, 15) is 53.4 Å². The van der Waals surface area contributed by atoms with E-state index in [1.807, 2.05) is 48.5 Å². The van der Waals surface area contributed by atoms with Gasteiger partial charge in [-0.25, -0.2) is 14.4 Å². The maximum absolute atomic E-state index is 13.8. The highest BCUT2D eigenvalue weighted by Crippen LogP contribution is 2.21. The van der Waals surface area contributed by atoms with Gasteiger partial charge in [0.05, 0.1) is 7.11 Å². The van der Waals surface area contributed by atoms with Gasteiger partial charge in [-0.15, -0.1) is 0 Å². The molecule has 3 rings (SSSR count). The quantitative estimate of drug-likeness (QED) is 0.0172. The summed E-state index contributed by atoms with van der Waals surface area (Å²) in [6.07, 6.45) is 1.73. The van der Waals surface area contributed by atoms with Gasteiger partial charge in [-0.1, -0.05) is 90.4 Å². The molecule has 23 nitrogen and oxygen atoms in total. The monoisotopic (exact) mass is 1030 g/mol. The van der Waals surface area contributed by atoms with Crippen LogP contribution in [-0.4, -0.2) is 131 Å². The van der Waals surface area contributed by atoms with Gasteiger partial charge in [0, 0.05) is 81.7 Å². The molecular weight excluding hydrogens is 961 g/mol. The van der Waals surface area contributed by atoms with Crippen LogP contribution in [0.4, 0.5) is 4.79 Å². The van der Waals surface area contributed by atoms with Crippen molar-refractivity contribution in [3.05, 3.63) is 112 Å². The number of amides is 7. The summed E-state index contributed by atoms with van der Waals surface area (Å²) in [6, 6.07) is 19.2. The van der Waals surface area contributed by atoms with E-state index in [2.05, 4.69) is 41.9 Å². The standard InChI is InChI=1S/C51H68N10O13/c1-74-42-22-11-10-20-37(42)34-61(31-14-12-21-38(49(69)70)58-51(73)59-39(50(71)72)24-27-46(65)66)45(64)23-9-4-13-28-53-43(62)25-26-44(63)56-41(33-36-18-7-3-8-19-36)48(68)57-40(32-35-16-5-2-6-17-35)47(67)54-29-15-30-55-60-52/h2-3,5-8,10-11,16-20,22,38-41H,4,9,12-15,21,23-34H2,1H3,(H,53,62)(H,54,67)(H,56,63)(H,57,68)(H,65,66)(H,69,70)(H,71,72)(H2,58,59,73)/t38-,39-,40-,41-/m0/s1. The van der Waals surface area contributed by atoms with Crippen LogP contribution in [0.3, 0.4) is 0 Å². The number of benzene rings is 3. The molecule has 0 unspecified atom stereocenters. The molecule has 0 heterocycles. The first-order valence-corrected chi connectivity index (χ1v) is 24.5. The summed E-state index contributed by atoms with van der Waals surface area (Å²) in [4.78, 5) is 118. The first-order chi connectivity index (χ1) is 35.6. The number of aliphatic carboxylic acids is 3. The molecular formula is C51H68N10O13. The summed E-state index contributed by atoms with van der Waals surface area (Å²) in [5.41, 5.74) is 10.9. The lowest BCUT2D eigenvalue weighted by molar-refractivity contribution is -0.141. The average molecular weight is 1030 g/mol. The fraction of sp³-hybridized carbons (Fsp3) is 0.471. The van der Waals surface area contributed by atoms with Crippen molar-refractivity contribution in [2.75, 3.05) is 33.3 Å². The van der Waals surface area contributed by atoms with E-state index in [0.717, 1.165) is 16.7 Å². The molecule has 0 fully saturated rings. The lowest BCUT2D eigenvalue weighted by Gasteiger charge is -2.24. The highest BCUT2D eigenvalue weighted by Gasteiger charge is 2.28. The molecule has 23 heteroatoms. The van der Waals surface area contributed by atoms with E-state index in [1.54, 1.807) is 41.3 Å². The summed E-state index contributed by atoms with van der Waals surface area (Å²) >= 11 is 0.